The lowest BCUT2D eigenvalue weighted by Crippen LogP contribution is -2.24. The van der Waals surface area contributed by atoms with Crippen molar-refractivity contribution in [3.8, 4) is 5.75 Å². The van der Waals surface area contributed by atoms with Crippen LogP contribution < -0.4 is 15.5 Å². The molecule has 0 aromatic heterocycles. The number of ether oxygens (including phenoxy) is 1. The molecule has 158 valence electrons. The molecule has 0 saturated carbocycles. The molecule has 0 aliphatic rings. The summed E-state index contributed by atoms with van der Waals surface area (Å²) in [6.07, 6.45) is 1.04. The molecule has 3 rings (SSSR count). The first-order valence-corrected chi connectivity index (χ1v) is 10.1. The van der Waals surface area contributed by atoms with E-state index in [1.807, 2.05) is 24.3 Å². The lowest BCUT2D eigenvalue weighted by atomic mass is 10.2. The number of halogens is 2. The minimum atomic E-state index is -0.551. The van der Waals surface area contributed by atoms with Crippen LogP contribution in [0.25, 0.3) is 0 Å². The molecule has 3 aromatic carbocycles. The third-order valence-electron chi connectivity index (χ3n) is 4.08. The molecule has 8 heteroatoms. The summed E-state index contributed by atoms with van der Waals surface area (Å²) in [7, 11) is 0. The van der Waals surface area contributed by atoms with E-state index in [9.17, 15) is 9.59 Å². The molecule has 0 fully saturated rings. The number of nitrogens with zero attached hydrogens (tertiary/aromatic N) is 1. The number of para-hydroxylation sites is 1. The predicted octanol–water partition coefficient (Wildman–Crippen LogP) is 5.05. The Bertz CT molecular complexity index is 1090. The fourth-order valence-corrected chi connectivity index (χ4v) is 2.98. The predicted molar refractivity (Wildman–Crippen MR) is 123 cm³/mol. The Morgan fingerprint density at radius 3 is 2.45 bits per heavy atom. The molecule has 0 heterocycles. The second-order valence-corrected chi connectivity index (χ2v) is 7.29. The Balaban J connectivity index is 1.57. The van der Waals surface area contributed by atoms with Gasteiger partial charge in [-0.25, -0.2) is 5.43 Å². The summed E-state index contributed by atoms with van der Waals surface area (Å²) in [5, 5.41) is 7.63. The molecule has 0 spiro atoms. The number of hydrogen-bond acceptors (Lipinski definition) is 4. The summed E-state index contributed by atoms with van der Waals surface area (Å²) < 4.78 is 5.84. The number of hydrazone groups is 1. The Hall–Kier alpha value is -3.35. The van der Waals surface area contributed by atoms with Crippen molar-refractivity contribution in [2.75, 3.05) is 5.32 Å². The maximum absolute atomic E-state index is 12.0. The Morgan fingerprint density at radius 2 is 1.68 bits per heavy atom. The average Bonchev–Trinajstić information content (AvgIpc) is 2.75. The van der Waals surface area contributed by atoms with Crippen molar-refractivity contribution in [1.82, 2.24) is 5.43 Å². The van der Waals surface area contributed by atoms with E-state index in [-0.39, 0.29) is 13.0 Å². The smallest absolute Gasteiger partial charge is 0.249 e. The fraction of sp³-hybridized carbons (Fsp3) is 0.0870. The standard InChI is InChI=1S/C23H19Cl2N3O3/c24-18-10-11-21(31-15-16-6-4-5-9-20(16)25)17(12-18)14-26-28-23(30)13-22(29)27-19-7-2-1-3-8-19/h1-12,14H,13,15H2,(H,27,29)(H,28,30). The maximum Gasteiger partial charge on any atom is 0.249 e. The second kappa shape index (κ2) is 11.2. The minimum Gasteiger partial charge on any atom is -0.488 e. The van der Waals surface area contributed by atoms with Crippen LogP contribution in [-0.2, 0) is 16.2 Å². The van der Waals surface area contributed by atoms with Crippen molar-refractivity contribution >= 4 is 46.9 Å². The maximum atomic E-state index is 12.0. The lowest BCUT2D eigenvalue weighted by molar-refractivity contribution is -0.126. The van der Waals surface area contributed by atoms with Crippen LogP contribution in [0.3, 0.4) is 0 Å². The summed E-state index contributed by atoms with van der Waals surface area (Å²) >= 11 is 12.2. The molecule has 31 heavy (non-hydrogen) atoms. The highest BCUT2D eigenvalue weighted by atomic mass is 35.5. The van der Waals surface area contributed by atoms with Gasteiger partial charge in [-0.1, -0.05) is 59.6 Å². The first-order valence-electron chi connectivity index (χ1n) is 9.34. The van der Waals surface area contributed by atoms with E-state index in [4.69, 9.17) is 27.9 Å². The van der Waals surface area contributed by atoms with Crippen LogP contribution in [0.15, 0.2) is 77.9 Å². The summed E-state index contributed by atoms with van der Waals surface area (Å²) in [6.45, 7) is 0.258. The van der Waals surface area contributed by atoms with Crippen LogP contribution in [-0.4, -0.2) is 18.0 Å². The molecular weight excluding hydrogens is 437 g/mol. The average molecular weight is 456 g/mol. The number of rotatable bonds is 8. The number of hydrogen-bond donors (Lipinski definition) is 2. The third-order valence-corrected chi connectivity index (χ3v) is 4.69. The molecule has 2 amide bonds. The molecule has 0 atom stereocenters. The van der Waals surface area contributed by atoms with E-state index < -0.39 is 11.8 Å². The van der Waals surface area contributed by atoms with Crippen LogP contribution in [0.4, 0.5) is 5.69 Å². The van der Waals surface area contributed by atoms with Gasteiger partial charge in [-0.05, 0) is 36.4 Å². The Labute approximate surface area is 189 Å². The lowest BCUT2D eigenvalue weighted by Gasteiger charge is -2.10. The van der Waals surface area contributed by atoms with Crippen molar-refractivity contribution in [3.63, 3.8) is 0 Å². The molecule has 6 nitrogen and oxygen atoms in total. The van der Waals surface area contributed by atoms with Crippen molar-refractivity contribution in [2.45, 2.75) is 13.0 Å². The van der Waals surface area contributed by atoms with Gasteiger partial charge in [0.1, 0.15) is 18.8 Å². The van der Waals surface area contributed by atoms with Gasteiger partial charge in [0.2, 0.25) is 11.8 Å². The van der Waals surface area contributed by atoms with Gasteiger partial charge >= 0.3 is 0 Å². The van der Waals surface area contributed by atoms with Crippen molar-refractivity contribution in [3.05, 3.63) is 94.0 Å². The van der Waals surface area contributed by atoms with Gasteiger partial charge in [0.15, 0.2) is 0 Å². The molecular formula is C23H19Cl2N3O3. The molecule has 0 radical (unpaired) electrons. The number of carbonyl (C=O) groups excluding carboxylic acids is 2. The van der Waals surface area contributed by atoms with Crippen LogP contribution in [0.5, 0.6) is 5.75 Å². The fourth-order valence-electron chi connectivity index (χ4n) is 2.61. The molecule has 0 aliphatic heterocycles. The molecule has 0 aliphatic carbocycles. The van der Waals surface area contributed by atoms with Crippen LogP contribution in [0.1, 0.15) is 17.5 Å². The first kappa shape index (κ1) is 22.3. The van der Waals surface area contributed by atoms with Gasteiger partial charge in [0, 0.05) is 26.9 Å². The van der Waals surface area contributed by atoms with Crippen LogP contribution in [0.2, 0.25) is 10.0 Å². The number of nitrogens with one attached hydrogen (secondary N) is 2. The zero-order valence-electron chi connectivity index (χ0n) is 16.3. The molecule has 0 saturated heterocycles. The summed E-state index contributed by atoms with van der Waals surface area (Å²) in [5.41, 5.74) is 4.34. The summed E-state index contributed by atoms with van der Waals surface area (Å²) in [6, 6.07) is 21.3. The topological polar surface area (TPSA) is 79.8 Å². The van der Waals surface area contributed by atoms with Gasteiger partial charge < -0.3 is 10.1 Å². The highest BCUT2D eigenvalue weighted by molar-refractivity contribution is 6.31. The molecule has 2 N–H and O–H groups in total. The van der Waals surface area contributed by atoms with E-state index in [2.05, 4.69) is 15.8 Å². The summed E-state index contributed by atoms with van der Waals surface area (Å²) in [5.74, 6) is -0.472. The van der Waals surface area contributed by atoms with Crippen LogP contribution in [0, 0.1) is 0 Å². The van der Waals surface area contributed by atoms with Crippen molar-refractivity contribution in [1.29, 1.82) is 0 Å². The number of benzene rings is 3. The van der Waals surface area contributed by atoms with Crippen molar-refractivity contribution in [2.24, 2.45) is 5.10 Å². The SMILES string of the molecule is O=C(CC(=O)Nc1ccccc1)NN=Cc1cc(Cl)ccc1OCc1ccccc1Cl. The monoisotopic (exact) mass is 455 g/mol. The molecule has 3 aromatic rings. The number of amides is 2. The van der Waals surface area contributed by atoms with E-state index in [0.717, 1.165) is 5.56 Å². The normalized spacial score (nSPS) is 10.6. The third kappa shape index (κ3) is 7.13. The Morgan fingerprint density at radius 1 is 0.935 bits per heavy atom. The van der Waals surface area contributed by atoms with Gasteiger partial charge in [-0.2, -0.15) is 5.10 Å². The molecule has 0 bridgehead atoms. The van der Waals surface area contributed by atoms with Gasteiger partial charge in [-0.15, -0.1) is 0 Å². The first-order chi connectivity index (χ1) is 15.0. The van der Waals surface area contributed by atoms with Gasteiger partial charge in [-0.3, -0.25) is 9.59 Å². The Kier molecular flexibility index (Phi) is 8.04. The highest BCUT2D eigenvalue weighted by Gasteiger charge is 2.09. The van der Waals surface area contributed by atoms with E-state index in [1.165, 1.54) is 6.21 Å². The van der Waals surface area contributed by atoms with E-state index in [0.29, 0.717) is 27.0 Å². The zero-order valence-corrected chi connectivity index (χ0v) is 17.9. The summed E-state index contributed by atoms with van der Waals surface area (Å²) in [4.78, 5) is 23.9. The number of anilines is 1. The zero-order chi connectivity index (χ0) is 22.1. The van der Waals surface area contributed by atoms with Gasteiger partial charge in [0.25, 0.3) is 0 Å². The highest BCUT2D eigenvalue weighted by Crippen LogP contribution is 2.24. The quantitative estimate of drug-likeness (QED) is 0.283. The minimum absolute atomic E-state index is 0.258. The van der Waals surface area contributed by atoms with Crippen LogP contribution >= 0.6 is 23.2 Å². The van der Waals surface area contributed by atoms with Gasteiger partial charge in [0.05, 0.1) is 6.21 Å². The number of carbonyl (C=O) groups is 2. The molecule has 0 unspecified atom stereocenters. The second-order valence-electron chi connectivity index (χ2n) is 6.45. The van der Waals surface area contributed by atoms with E-state index >= 15 is 0 Å². The largest absolute Gasteiger partial charge is 0.488 e. The van der Waals surface area contributed by atoms with E-state index in [1.54, 1.807) is 48.5 Å². The van der Waals surface area contributed by atoms with Crippen molar-refractivity contribution < 1.29 is 14.3 Å².